The second-order valence-electron chi connectivity index (χ2n) is 11.1. The Hall–Kier alpha value is -4.27. The summed E-state index contributed by atoms with van der Waals surface area (Å²) in [7, 11) is 0. The number of hydrogen-bond donors (Lipinski definition) is 1. The van der Waals surface area contributed by atoms with Gasteiger partial charge in [0.25, 0.3) is 5.91 Å². The normalized spacial score (nSPS) is 20.6. The molecule has 1 amide bonds. The number of aromatic nitrogens is 3. The quantitative estimate of drug-likeness (QED) is 0.376. The number of aryl methyl sites for hydroxylation is 1. The van der Waals surface area contributed by atoms with E-state index in [4.69, 9.17) is 0 Å². The maximum atomic E-state index is 15.4. The largest absolute Gasteiger partial charge is 0.481 e. The number of amides is 1. The van der Waals surface area contributed by atoms with E-state index in [-0.39, 0.29) is 11.9 Å². The van der Waals surface area contributed by atoms with Crippen LogP contribution in [0.2, 0.25) is 0 Å². The molecule has 2 atom stereocenters. The molecule has 4 aromatic rings. The SMILES string of the molecule is CCc1cc(C(=O)N2CCc3ccccc3[C@H]2C)nc2cc(-c3ccc(N4CCC(C)(C(=O)O)C4)cc3F)nn12. The molecule has 2 aliphatic rings. The highest BCUT2D eigenvalue weighted by molar-refractivity contribution is 5.93. The van der Waals surface area contributed by atoms with Crippen LogP contribution in [0.25, 0.3) is 16.9 Å². The third kappa shape index (κ3) is 4.29. The summed E-state index contributed by atoms with van der Waals surface area (Å²) in [5.74, 6) is -1.41. The van der Waals surface area contributed by atoms with E-state index in [1.165, 1.54) is 11.6 Å². The maximum absolute atomic E-state index is 15.4. The van der Waals surface area contributed by atoms with E-state index in [0.29, 0.717) is 60.8 Å². The Morgan fingerprint density at radius 3 is 2.65 bits per heavy atom. The number of carbonyl (C=O) groups is 2. The van der Waals surface area contributed by atoms with Gasteiger partial charge in [0.1, 0.15) is 11.5 Å². The van der Waals surface area contributed by atoms with Crippen LogP contribution >= 0.6 is 0 Å². The van der Waals surface area contributed by atoms with Gasteiger partial charge in [-0.05, 0) is 68.5 Å². The topological polar surface area (TPSA) is 91.0 Å². The highest BCUT2D eigenvalue weighted by atomic mass is 19.1. The Balaban J connectivity index is 1.30. The van der Waals surface area contributed by atoms with Crippen LogP contribution < -0.4 is 4.90 Å². The van der Waals surface area contributed by atoms with Gasteiger partial charge in [0.2, 0.25) is 0 Å². The van der Waals surface area contributed by atoms with Crippen LogP contribution in [0.3, 0.4) is 0 Å². The zero-order valence-electron chi connectivity index (χ0n) is 22.9. The molecule has 0 spiro atoms. The molecule has 2 aliphatic heterocycles. The van der Waals surface area contributed by atoms with Crippen LogP contribution in [-0.4, -0.2) is 56.1 Å². The second kappa shape index (κ2) is 9.73. The van der Waals surface area contributed by atoms with Gasteiger partial charge in [-0.2, -0.15) is 5.10 Å². The summed E-state index contributed by atoms with van der Waals surface area (Å²) in [6, 6.07) is 16.6. The van der Waals surface area contributed by atoms with E-state index in [0.717, 1.165) is 17.7 Å². The summed E-state index contributed by atoms with van der Waals surface area (Å²) in [5.41, 5.74) is 4.63. The molecule has 0 saturated carbocycles. The van der Waals surface area contributed by atoms with Gasteiger partial charge in [0.15, 0.2) is 5.65 Å². The molecule has 1 N–H and O–H groups in total. The van der Waals surface area contributed by atoms with Crippen molar-refractivity contribution in [3.05, 3.63) is 82.9 Å². The Labute approximate surface area is 232 Å². The number of aliphatic carboxylic acids is 1. The molecule has 8 nitrogen and oxygen atoms in total. The molecule has 6 rings (SSSR count). The molecule has 4 heterocycles. The second-order valence-corrected chi connectivity index (χ2v) is 11.1. The molecule has 2 aromatic carbocycles. The van der Waals surface area contributed by atoms with Gasteiger partial charge < -0.3 is 14.9 Å². The van der Waals surface area contributed by atoms with Crippen molar-refractivity contribution in [1.82, 2.24) is 19.5 Å². The van der Waals surface area contributed by atoms with Crippen molar-refractivity contribution in [3.63, 3.8) is 0 Å². The van der Waals surface area contributed by atoms with Crippen molar-refractivity contribution in [3.8, 4) is 11.3 Å². The molecule has 9 heteroatoms. The minimum absolute atomic E-state index is 0.0578. The molecule has 0 bridgehead atoms. The molecule has 1 fully saturated rings. The molecule has 2 aromatic heterocycles. The number of halogens is 1. The van der Waals surface area contributed by atoms with Crippen molar-refractivity contribution < 1.29 is 19.1 Å². The van der Waals surface area contributed by atoms with Crippen LogP contribution in [0, 0.1) is 11.2 Å². The van der Waals surface area contributed by atoms with Crippen molar-refractivity contribution in [1.29, 1.82) is 0 Å². The monoisotopic (exact) mass is 541 g/mol. The average Bonchev–Trinajstić information content (AvgIpc) is 3.57. The summed E-state index contributed by atoms with van der Waals surface area (Å²) in [6.45, 7) is 7.26. The fraction of sp³-hybridized carbons (Fsp3) is 0.355. The van der Waals surface area contributed by atoms with Crippen LogP contribution in [0.5, 0.6) is 0 Å². The molecule has 1 unspecified atom stereocenters. The summed E-state index contributed by atoms with van der Waals surface area (Å²) in [6.07, 6.45) is 1.93. The number of benzene rings is 2. The average molecular weight is 542 g/mol. The summed E-state index contributed by atoms with van der Waals surface area (Å²) in [5, 5.41) is 14.2. The predicted molar refractivity (Wildman–Crippen MR) is 150 cm³/mol. The third-order valence-electron chi connectivity index (χ3n) is 8.52. The lowest BCUT2D eigenvalue weighted by Crippen LogP contribution is -2.39. The minimum Gasteiger partial charge on any atom is -0.481 e. The van der Waals surface area contributed by atoms with Crippen LogP contribution in [-0.2, 0) is 17.6 Å². The Bertz CT molecular complexity index is 1650. The smallest absolute Gasteiger partial charge is 0.311 e. The van der Waals surface area contributed by atoms with Gasteiger partial charge in [-0.25, -0.2) is 13.9 Å². The first kappa shape index (κ1) is 26.0. The lowest BCUT2D eigenvalue weighted by Gasteiger charge is -2.35. The first-order valence-corrected chi connectivity index (χ1v) is 13.8. The lowest BCUT2D eigenvalue weighted by atomic mass is 9.90. The van der Waals surface area contributed by atoms with Gasteiger partial charge in [-0.3, -0.25) is 9.59 Å². The van der Waals surface area contributed by atoms with Crippen LogP contribution in [0.15, 0.2) is 54.6 Å². The minimum atomic E-state index is -0.844. The van der Waals surface area contributed by atoms with Crippen LogP contribution in [0.4, 0.5) is 10.1 Å². The Kier molecular flexibility index (Phi) is 6.32. The van der Waals surface area contributed by atoms with E-state index < -0.39 is 17.2 Å². The molecule has 0 radical (unpaired) electrons. The van der Waals surface area contributed by atoms with Gasteiger partial charge in [0, 0.05) is 42.6 Å². The number of rotatable bonds is 5. The molecular weight excluding hydrogens is 509 g/mol. The fourth-order valence-electron chi connectivity index (χ4n) is 5.99. The van der Waals surface area contributed by atoms with Gasteiger partial charge >= 0.3 is 5.97 Å². The molecular formula is C31H32FN5O3. The number of carboxylic acids is 1. The van der Waals surface area contributed by atoms with Gasteiger partial charge in [-0.15, -0.1) is 0 Å². The number of nitrogens with zero attached hydrogens (tertiary/aromatic N) is 5. The maximum Gasteiger partial charge on any atom is 0.311 e. The summed E-state index contributed by atoms with van der Waals surface area (Å²) < 4.78 is 17.1. The van der Waals surface area contributed by atoms with Crippen molar-refractivity contribution in [2.45, 2.75) is 46.1 Å². The summed E-state index contributed by atoms with van der Waals surface area (Å²) >= 11 is 0. The van der Waals surface area contributed by atoms with Crippen molar-refractivity contribution in [2.24, 2.45) is 5.41 Å². The first-order chi connectivity index (χ1) is 19.2. The zero-order valence-corrected chi connectivity index (χ0v) is 22.9. The standard InChI is InChI=1S/C31H32FN5O3/c1-4-21-16-27(29(38)36-13-11-20-7-5-6-8-23(20)19(36)2)33-28-17-26(34-37(21)28)24-10-9-22(15-25(24)32)35-14-12-31(3,18-35)30(39)40/h5-10,15-17,19H,4,11-14,18H2,1-3H3,(H,39,40)/t19-,31?/m1/s1. The highest BCUT2D eigenvalue weighted by Gasteiger charge is 2.40. The molecule has 40 heavy (non-hydrogen) atoms. The highest BCUT2D eigenvalue weighted by Crippen LogP contribution is 2.35. The van der Waals surface area contributed by atoms with Gasteiger partial charge in [-0.1, -0.05) is 31.2 Å². The van der Waals surface area contributed by atoms with E-state index in [9.17, 15) is 14.7 Å². The lowest BCUT2D eigenvalue weighted by molar-refractivity contribution is -0.146. The van der Waals surface area contributed by atoms with Crippen LogP contribution in [0.1, 0.15) is 60.5 Å². The number of carbonyl (C=O) groups excluding carboxylic acids is 1. The van der Waals surface area contributed by atoms with Crippen molar-refractivity contribution in [2.75, 3.05) is 24.5 Å². The number of anilines is 1. The zero-order chi connectivity index (χ0) is 28.2. The molecule has 1 saturated heterocycles. The van der Waals surface area contributed by atoms with E-state index in [2.05, 4.69) is 22.2 Å². The van der Waals surface area contributed by atoms with Gasteiger partial charge in [0.05, 0.1) is 17.2 Å². The van der Waals surface area contributed by atoms with E-state index >= 15 is 4.39 Å². The van der Waals surface area contributed by atoms with E-state index in [1.807, 2.05) is 35.8 Å². The van der Waals surface area contributed by atoms with Crippen molar-refractivity contribution >= 4 is 23.2 Å². The Morgan fingerprint density at radius 2 is 1.93 bits per heavy atom. The fourth-order valence-corrected chi connectivity index (χ4v) is 5.99. The predicted octanol–water partition coefficient (Wildman–Crippen LogP) is 5.16. The number of fused-ring (bicyclic) bond motifs is 2. The summed E-state index contributed by atoms with van der Waals surface area (Å²) in [4.78, 5) is 33.7. The third-order valence-corrected chi connectivity index (χ3v) is 8.52. The van der Waals surface area contributed by atoms with E-state index in [1.54, 1.807) is 35.7 Å². The number of carboxylic acid groups (broad SMARTS) is 1. The number of hydrogen-bond acceptors (Lipinski definition) is 5. The molecule has 206 valence electrons. The molecule has 0 aliphatic carbocycles. The first-order valence-electron chi connectivity index (χ1n) is 13.8. The Morgan fingerprint density at radius 1 is 1.12 bits per heavy atom.